The Balaban J connectivity index is 2.99. The molecule has 1 N–H and O–H groups in total. The van der Waals surface area contributed by atoms with Crippen molar-refractivity contribution in [3.63, 3.8) is 0 Å². The van der Waals surface area contributed by atoms with Crippen molar-refractivity contribution in [2.75, 3.05) is 0 Å². The minimum Gasteiger partial charge on any atom is -0.478 e. The molecule has 15 heavy (non-hydrogen) atoms. The number of rotatable bonds is 2. The molecule has 0 bridgehead atoms. The highest BCUT2D eigenvalue weighted by atomic mass is 35.5. The summed E-state index contributed by atoms with van der Waals surface area (Å²) in [6.45, 7) is 0. The van der Waals surface area contributed by atoms with Crippen LogP contribution in [0.15, 0.2) is 12.3 Å². The molecule has 0 fully saturated rings. The molecule has 1 aromatic heterocycles. The van der Waals surface area contributed by atoms with Crippen molar-refractivity contribution in [3.05, 3.63) is 22.8 Å². The van der Waals surface area contributed by atoms with Gasteiger partial charge in [0.1, 0.15) is 5.02 Å². The fraction of sp³-hybridized carbons (Fsp3) is 0.143. The van der Waals surface area contributed by atoms with Crippen LogP contribution in [-0.2, 0) is 0 Å². The van der Waals surface area contributed by atoms with E-state index in [0.717, 1.165) is 12.3 Å². The Morgan fingerprint density at radius 3 is 2.53 bits per heavy atom. The van der Waals surface area contributed by atoms with Crippen molar-refractivity contribution >= 4 is 17.6 Å². The predicted octanol–water partition coefficient (Wildman–Crippen LogP) is 2.33. The lowest BCUT2D eigenvalue weighted by atomic mass is 10.3. The Bertz CT molecular complexity index is 394. The maximum atomic E-state index is 11.7. The van der Waals surface area contributed by atoms with E-state index < -0.39 is 23.2 Å². The largest absolute Gasteiger partial charge is 0.574 e. The summed E-state index contributed by atoms with van der Waals surface area (Å²) in [5.41, 5.74) is -0.325. The second-order valence-electron chi connectivity index (χ2n) is 2.36. The van der Waals surface area contributed by atoms with Crippen molar-refractivity contribution in [2.45, 2.75) is 6.36 Å². The lowest BCUT2D eigenvalue weighted by Crippen LogP contribution is -2.18. The van der Waals surface area contributed by atoms with E-state index in [1.54, 1.807) is 0 Å². The summed E-state index contributed by atoms with van der Waals surface area (Å²) in [6.07, 6.45) is -4.20. The summed E-state index contributed by atoms with van der Waals surface area (Å²) >= 11 is 5.33. The van der Waals surface area contributed by atoms with Crippen molar-refractivity contribution in [3.8, 4) is 5.88 Å². The maximum absolute atomic E-state index is 11.7. The SMILES string of the molecule is O=C(O)c1cnc(OC(F)(F)F)c(Cl)c1. The van der Waals surface area contributed by atoms with Crippen molar-refractivity contribution in [2.24, 2.45) is 0 Å². The van der Waals surface area contributed by atoms with Gasteiger partial charge in [0.2, 0.25) is 5.88 Å². The Morgan fingerprint density at radius 1 is 1.53 bits per heavy atom. The quantitative estimate of drug-likeness (QED) is 0.863. The first kappa shape index (κ1) is 11.6. The van der Waals surface area contributed by atoms with E-state index in [1.165, 1.54) is 0 Å². The molecular weight excluding hydrogens is 239 g/mol. The average molecular weight is 242 g/mol. The molecule has 0 spiro atoms. The van der Waals surface area contributed by atoms with Crippen LogP contribution in [0.1, 0.15) is 10.4 Å². The highest BCUT2D eigenvalue weighted by Gasteiger charge is 2.32. The summed E-state index contributed by atoms with van der Waals surface area (Å²) in [5.74, 6) is -2.22. The minimum absolute atomic E-state index is 0.325. The number of carboxylic acids is 1. The van der Waals surface area contributed by atoms with Gasteiger partial charge < -0.3 is 9.84 Å². The van der Waals surface area contributed by atoms with E-state index in [0.29, 0.717) is 0 Å². The van der Waals surface area contributed by atoms with Crippen LogP contribution >= 0.6 is 11.6 Å². The molecule has 0 atom stereocenters. The number of halogens is 4. The minimum atomic E-state index is -4.92. The molecule has 0 aromatic carbocycles. The summed E-state index contributed by atoms with van der Waals surface area (Å²) in [6, 6.07) is 0.817. The topological polar surface area (TPSA) is 59.4 Å². The van der Waals surface area contributed by atoms with Gasteiger partial charge in [0.25, 0.3) is 0 Å². The van der Waals surface area contributed by atoms with E-state index in [1.807, 2.05) is 0 Å². The van der Waals surface area contributed by atoms with Gasteiger partial charge in [-0.15, -0.1) is 13.2 Å². The number of carbonyl (C=O) groups is 1. The van der Waals surface area contributed by atoms with Gasteiger partial charge in [0.05, 0.1) is 5.56 Å². The lowest BCUT2D eigenvalue weighted by Gasteiger charge is -2.08. The molecule has 82 valence electrons. The molecule has 0 unspecified atom stereocenters. The third-order valence-corrected chi connectivity index (χ3v) is 1.54. The van der Waals surface area contributed by atoms with Gasteiger partial charge in [-0.05, 0) is 6.07 Å². The normalized spacial score (nSPS) is 11.2. The molecule has 1 heterocycles. The summed E-state index contributed by atoms with van der Waals surface area (Å²) in [5, 5.41) is 7.95. The standard InChI is InChI=1S/C7H3ClF3NO3/c8-4-1-3(6(13)14)2-12-5(4)15-7(9,10)11/h1-2H,(H,13,14). The average Bonchev–Trinajstić information content (AvgIpc) is 2.05. The van der Waals surface area contributed by atoms with Gasteiger partial charge in [-0.3, -0.25) is 0 Å². The first-order chi connectivity index (χ1) is 6.79. The Labute approximate surface area is 86.3 Å². The van der Waals surface area contributed by atoms with Crippen molar-refractivity contribution < 1.29 is 27.8 Å². The van der Waals surface area contributed by atoms with Gasteiger partial charge in [0.15, 0.2) is 0 Å². The zero-order chi connectivity index (χ0) is 11.6. The second kappa shape index (κ2) is 3.93. The highest BCUT2D eigenvalue weighted by molar-refractivity contribution is 6.32. The van der Waals surface area contributed by atoms with Crippen LogP contribution < -0.4 is 4.74 Å². The molecule has 0 radical (unpaired) electrons. The van der Waals surface area contributed by atoms with E-state index in [2.05, 4.69) is 9.72 Å². The zero-order valence-corrected chi connectivity index (χ0v) is 7.63. The second-order valence-corrected chi connectivity index (χ2v) is 2.77. The van der Waals surface area contributed by atoms with Gasteiger partial charge in [-0.2, -0.15) is 0 Å². The number of ether oxygens (including phenoxy) is 1. The lowest BCUT2D eigenvalue weighted by molar-refractivity contribution is -0.276. The zero-order valence-electron chi connectivity index (χ0n) is 6.88. The summed E-state index contributed by atoms with van der Waals surface area (Å²) in [4.78, 5) is 13.5. The molecule has 0 aliphatic heterocycles. The van der Waals surface area contributed by atoms with Crippen LogP contribution in [0, 0.1) is 0 Å². The van der Waals surface area contributed by atoms with E-state index in [4.69, 9.17) is 16.7 Å². The van der Waals surface area contributed by atoms with Gasteiger partial charge in [-0.25, -0.2) is 9.78 Å². The number of aromatic nitrogens is 1. The summed E-state index contributed by atoms with van der Waals surface area (Å²) < 4.78 is 38.7. The first-order valence-electron chi connectivity index (χ1n) is 3.44. The molecule has 0 aliphatic carbocycles. The molecule has 1 rings (SSSR count). The number of alkyl halides is 3. The molecule has 0 saturated carbocycles. The number of pyridine rings is 1. The molecule has 0 aliphatic rings. The van der Waals surface area contributed by atoms with Crippen LogP contribution in [-0.4, -0.2) is 22.4 Å². The molecule has 0 saturated heterocycles. The number of nitrogens with zero attached hydrogens (tertiary/aromatic N) is 1. The van der Waals surface area contributed by atoms with Crippen LogP contribution in [0.25, 0.3) is 0 Å². The third kappa shape index (κ3) is 3.28. The van der Waals surface area contributed by atoms with Gasteiger partial charge in [-0.1, -0.05) is 11.6 Å². The molecular formula is C7H3ClF3NO3. The van der Waals surface area contributed by atoms with Crippen LogP contribution in [0.4, 0.5) is 13.2 Å². The monoisotopic (exact) mass is 241 g/mol. The fourth-order valence-electron chi connectivity index (χ4n) is 0.727. The van der Waals surface area contributed by atoms with Gasteiger partial charge in [0, 0.05) is 6.20 Å². The molecule has 1 aromatic rings. The first-order valence-corrected chi connectivity index (χ1v) is 3.82. The number of carboxylic acid groups (broad SMARTS) is 1. The highest BCUT2D eigenvalue weighted by Crippen LogP contribution is 2.28. The van der Waals surface area contributed by atoms with E-state index in [9.17, 15) is 18.0 Å². The third-order valence-electron chi connectivity index (χ3n) is 1.27. The molecule has 4 nitrogen and oxygen atoms in total. The van der Waals surface area contributed by atoms with E-state index in [-0.39, 0.29) is 5.56 Å². The van der Waals surface area contributed by atoms with Gasteiger partial charge >= 0.3 is 12.3 Å². The van der Waals surface area contributed by atoms with Crippen LogP contribution in [0.2, 0.25) is 5.02 Å². The predicted molar refractivity (Wildman–Crippen MR) is 42.9 cm³/mol. The molecule has 0 amide bonds. The smallest absolute Gasteiger partial charge is 0.478 e. The number of hydrogen-bond acceptors (Lipinski definition) is 3. The van der Waals surface area contributed by atoms with Crippen molar-refractivity contribution in [1.29, 1.82) is 0 Å². The maximum Gasteiger partial charge on any atom is 0.574 e. The van der Waals surface area contributed by atoms with Crippen molar-refractivity contribution in [1.82, 2.24) is 4.98 Å². The Hall–Kier alpha value is -1.50. The Morgan fingerprint density at radius 2 is 2.13 bits per heavy atom. The van der Waals surface area contributed by atoms with E-state index >= 15 is 0 Å². The molecule has 8 heteroatoms. The van der Waals surface area contributed by atoms with Crippen LogP contribution in [0.3, 0.4) is 0 Å². The fourth-order valence-corrected chi connectivity index (χ4v) is 0.932. The van der Waals surface area contributed by atoms with Crippen LogP contribution in [0.5, 0.6) is 5.88 Å². The number of hydrogen-bond donors (Lipinski definition) is 1. The Kier molecular flexibility index (Phi) is 3.04. The number of aromatic carboxylic acids is 1. The summed E-state index contributed by atoms with van der Waals surface area (Å²) in [7, 11) is 0.